The molecular weight excluding hydrogens is 248 g/mol. The molecule has 0 aromatic heterocycles. The molecule has 16 heavy (non-hydrogen) atoms. The highest BCUT2D eigenvalue weighted by Crippen LogP contribution is 2.20. The van der Waals surface area contributed by atoms with Crippen LogP contribution < -0.4 is 0 Å². The van der Waals surface area contributed by atoms with E-state index < -0.39 is 47.7 Å². The second kappa shape index (κ2) is 4.89. The molecule has 1 aliphatic rings. The van der Waals surface area contributed by atoms with E-state index in [0.29, 0.717) is 0 Å². The lowest BCUT2D eigenvalue weighted by atomic mass is 10.00. The zero-order chi connectivity index (χ0) is 12.5. The smallest absolute Gasteiger partial charge is 0.387 e. The van der Waals surface area contributed by atoms with Crippen LogP contribution in [0.1, 0.15) is 0 Å². The van der Waals surface area contributed by atoms with Crippen LogP contribution in [0.5, 0.6) is 0 Å². The predicted molar refractivity (Wildman–Crippen MR) is 46.4 cm³/mol. The van der Waals surface area contributed by atoms with Gasteiger partial charge >= 0.3 is 10.4 Å². The van der Waals surface area contributed by atoms with E-state index in [0.717, 1.165) is 0 Å². The van der Waals surface area contributed by atoms with Gasteiger partial charge in [-0.3, -0.25) is 4.55 Å². The van der Waals surface area contributed by atoms with Crippen molar-refractivity contribution in [2.75, 3.05) is 6.61 Å². The maximum absolute atomic E-state index is 10.2. The Hall–Kier alpha value is -0.330. The largest absolute Gasteiger partial charge is 0.397 e. The monoisotopic (exact) mass is 260 g/mol. The summed E-state index contributed by atoms with van der Waals surface area (Å²) in [6.07, 6.45) is -8.25. The van der Waals surface area contributed by atoms with E-state index in [1.807, 2.05) is 0 Å². The molecule has 0 aromatic carbocycles. The topological polar surface area (TPSA) is 154 Å². The molecule has 0 saturated carbocycles. The minimum absolute atomic E-state index is 0.805. The van der Waals surface area contributed by atoms with Crippen LogP contribution in [-0.4, -0.2) is 70.7 Å². The van der Waals surface area contributed by atoms with Crippen LogP contribution in [0.4, 0.5) is 0 Å². The van der Waals surface area contributed by atoms with Gasteiger partial charge in [0.1, 0.15) is 24.4 Å². The Morgan fingerprint density at radius 2 is 1.62 bits per heavy atom. The van der Waals surface area contributed by atoms with Crippen molar-refractivity contribution in [3.63, 3.8) is 0 Å². The van der Waals surface area contributed by atoms with Crippen molar-refractivity contribution in [3.05, 3.63) is 0 Å². The molecule has 9 nitrogen and oxygen atoms in total. The van der Waals surface area contributed by atoms with Crippen molar-refractivity contribution >= 4 is 10.4 Å². The van der Waals surface area contributed by atoms with E-state index in [-0.39, 0.29) is 0 Å². The van der Waals surface area contributed by atoms with Gasteiger partial charge in [0.25, 0.3) is 0 Å². The van der Waals surface area contributed by atoms with Crippen LogP contribution in [-0.2, 0) is 19.3 Å². The Kier molecular flexibility index (Phi) is 4.20. The lowest BCUT2D eigenvalue weighted by Gasteiger charge is -2.37. The molecule has 1 fully saturated rings. The Morgan fingerprint density at radius 3 is 2.12 bits per heavy atom. The highest BCUT2D eigenvalue weighted by molar-refractivity contribution is 7.80. The number of hydrogen-bond acceptors (Lipinski definition) is 8. The molecule has 0 bridgehead atoms. The second-order valence-electron chi connectivity index (χ2n) is 3.25. The summed E-state index contributed by atoms with van der Waals surface area (Å²) in [5.41, 5.74) is 0. The molecule has 0 aromatic rings. The minimum atomic E-state index is -4.71. The molecule has 1 aliphatic heterocycles. The first-order valence-electron chi connectivity index (χ1n) is 4.22. The quantitative estimate of drug-likeness (QED) is 0.327. The van der Waals surface area contributed by atoms with Crippen LogP contribution in [0.2, 0.25) is 0 Å². The molecule has 5 N–H and O–H groups in total. The minimum Gasteiger partial charge on any atom is -0.387 e. The molecule has 0 radical (unpaired) electrons. The average Bonchev–Trinajstić information content (AvgIpc) is 2.17. The van der Waals surface area contributed by atoms with Crippen LogP contribution in [0.15, 0.2) is 0 Å². The van der Waals surface area contributed by atoms with Gasteiger partial charge in [0.2, 0.25) is 0 Å². The third kappa shape index (κ3) is 3.33. The summed E-state index contributed by atoms with van der Waals surface area (Å²) in [5.74, 6) is 0. The second-order valence-corrected chi connectivity index (χ2v) is 4.34. The Balaban J connectivity index is 2.61. The fourth-order valence-corrected chi connectivity index (χ4v) is 1.53. The molecule has 0 amide bonds. The van der Waals surface area contributed by atoms with Crippen molar-refractivity contribution in [1.29, 1.82) is 0 Å². The highest BCUT2D eigenvalue weighted by atomic mass is 32.3. The number of aliphatic hydroxyl groups excluding tert-OH is 4. The maximum atomic E-state index is 10.2. The predicted octanol–water partition coefficient (Wildman–Crippen LogP) is -3.39. The summed E-state index contributed by atoms with van der Waals surface area (Å²) in [5, 5.41) is 36.7. The molecule has 1 heterocycles. The normalized spacial score (nSPS) is 40.9. The van der Waals surface area contributed by atoms with E-state index in [9.17, 15) is 18.6 Å². The van der Waals surface area contributed by atoms with Crippen molar-refractivity contribution in [1.82, 2.24) is 0 Å². The van der Waals surface area contributed by atoms with E-state index in [4.69, 9.17) is 14.8 Å². The van der Waals surface area contributed by atoms with Gasteiger partial charge in [-0.2, -0.15) is 8.42 Å². The summed E-state index contributed by atoms with van der Waals surface area (Å²) in [4.78, 5) is 0. The summed E-state index contributed by atoms with van der Waals surface area (Å²) >= 11 is 0. The van der Waals surface area contributed by atoms with Crippen LogP contribution >= 0.6 is 0 Å². The van der Waals surface area contributed by atoms with Crippen molar-refractivity contribution in [2.45, 2.75) is 30.7 Å². The molecule has 0 aliphatic carbocycles. The molecule has 1 unspecified atom stereocenters. The standard InChI is InChI=1S/C6H12O9S/c7-3-2(1-14-16(11,12)13)15-6(10)5(9)4(3)8/h2-10H,1H2,(H,11,12,13)/t2-,3+,4+,5-,6?/m0/s1. The molecule has 1 saturated heterocycles. The zero-order valence-corrected chi connectivity index (χ0v) is 8.69. The van der Waals surface area contributed by atoms with Crippen molar-refractivity contribution < 1.29 is 42.3 Å². The van der Waals surface area contributed by atoms with Crippen molar-refractivity contribution in [2.24, 2.45) is 0 Å². The molecule has 5 atom stereocenters. The Morgan fingerprint density at radius 1 is 1.06 bits per heavy atom. The fourth-order valence-electron chi connectivity index (χ4n) is 1.22. The van der Waals surface area contributed by atoms with Crippen molar-refractivity contribution in [3.8, 4) is 0 Å². The average molecular weight is 260 g/mol. The number of ether oxygens (including phenoxy) is 1. The molecule has 10 heteroatoms. The van der Waals surface area contributed by atoms with Crippen LogP contribution in [0, 0.1) is 0 Å². The van der Waals surface area contributed by atoms with Crippen LogP contribution in [0.3, 0.4) is 0 Å². The molecule has 0 spiro atoms. The van der Waals surface area contributed by atoms with E-state index in [1.165, 1.54) is 0 Å². The third-order valence-electron chi connectivity index (χ3n) is 2.07. The summed E-state index contributed by atoms with van der Waals surface area (Å²) in [6, 6.07) is 0. The SMILES string of the molecule is O=S(=O)(O)OC[C@@H]1OC(O)[C@@H](O)[C@H](O)[C@@H]1O. The lowest BCUT2D eigenvalue weighted by molar-refractivity contribution is -0.285. The van der Waals surface area contributed by atoms with Crippen LogP contribution in [0.25, 0.3) is 0 Å². The van der Waals surface area contributed by atoms with E-state index in [2.05, 4.69) is 8.92 Å². The Labute approximate surface area is 90.8 Å². The Bertz CT molecular complexity index is 327. The maximum Gasteiger partial charge on any atom is 0.397 e. The first-order chi connectivity index (χ1) is 7.22. The van der Waals surface area contributed by atoms with Gasteiger partial charge in [-0.05, 0) is 0 Å². The molecule has 96 valence electrons. The first-order valence-corrected chi connectivity index (χ1v) is 5.58. The number of rotatable bonds is 3. The first kappa shape index (κ1) is 13.7. The summed E-state index contributed by atoms with van der Waals surface area (Å²) < 4.78 is 37.2. The fraction of sp³-hybridized carbons (Fsp3) is 1.00. The summed E-state index contributed by atoms with van der Waals surface area (Å²) in [7, 11) is -4.71. The highest BCUT2D eigenvalue weighted by Gasteiger charge is 2.43. The zero-order valence-electron chi connectivity index (χ0n) is 7.87. The van der Waals surface area contributed by atoms with Gasteiger partial charge in [-0.15, -0.1) is 0 Å². The van der Waals surface area contributed by atoms with Gasteiger partial charge < -0.3 is 25.2 Å². The van der Waals surface area contributed by atoms with E-state index in [1.54, 1.807) is 0 Å². The number of aliphatic hydroxyl groups is 4. The number of hydrogen-bond donors (Lipinski definition) is 5. The third-order valence-corrected chi connectivity index (χ3v) is 2.50. The van der Waals surface area contributed by atoms with Gasteiger partial charge in [0.15, 0.2) is 6.29 Å². The lowest BCUT2D eigenvalue weighted by Crippen LogP contribution is -2.58. The molecule has 1 rings (SSSR count). The van der Waals surface area contributed by atoms with Gasteiger partial charge in [0.05, 0.1) is 6.61 Å². The van der Waals surface area contributed by atoms with E-state index >= 15 is 0 Å². The van der Waals surface area contributed by atoms with Gasteiger partial charge in [0, 0.05) is 0 Å². The van der Waals surface area contributed by atoms with Gasteiger partial charge in [-0.1, -0.05) is 0 Å². The molecular formula is C6H12O9S. The summed E-state index contributed by atoms with van der Waals surface area (Å²) in [6.45, 7) is -0.805. The van der Waals surface area contributed by atoms with Gasteiger partial charge in [-0.25, -0.2) is 4.18 Å².